The van der Waals surface area contributed by atoms with Crippen molar-refractivity contribution in [3.8, 4) is 0 Å². The Morgan fingerprint density at radius 3 is 2.53 bits per heavy atom. The summed E-state index contributed by atoms with van der Waals surface area (Å²) in [6.45, 7) is 2.97. The summed E-state index contributed by atoms with van der Waals surface area (Å²) in [4.78, 5) is 0. The summed E-state index contributed by atoms with van der Waals surface area (Å²) in [5, 5.41) is 27.9. The second-order valence-electron chi connectivity index (χ2n) is 4.31. The Bertz CT molecular complexity index is 243. The van der Waals surface area contributed by atoms with Gasteiger partial charge >= 0.3 is 0 Å². The van der Waals surface area contributed by atoms with Crippen LogP contribution in [0.2, 0.25) is 0 Å². The maximum Gasteiger partial charge on any atom is 0.190 e. The van der Waals surface area contributed by atoms with Crippen LogP contribution in [0.1, 0.15) is 13.8 Å². The van der Waals surface area contributed by atoms with Crippen LogP contribution >= 0.6 is 0 Å². The normalized spacial score (nSPS) is 45.4. The van der Waals surface area contributed by atoms with E-state index in [9.17, 15) is 10.2 Å². The van der Waals surface area contributed by atoms with E-state index in [4.69, 9.17) is 19.3 Å². The minimum Gasteiger partial charge on any atom is -0.394 e. The molecular formula is C9H16O6. The van der Waals surface area contributed by atoms with Gasteiger partial charge in [-0.15, -0.1) is 0 Å². The number of fused-ring (bicyclic) bond motifs is 1. The zero-order valence-electron chi connectivity index (χ0n) is 8.66. The van der Waals surface area contributed by atoms with Crippen LogP contribution < -0.4 is 0 Å². The summed E-state index contributed by atoms with van der Waals surface area (Å²) in [5.74, 6) is -0.786. The van der Waals surface area contributed by atoms with E-state index in [-0.39, 0.29) is 0 Å². The van der Waals surface area contributed by atoms with Crippen molar-refractivity contribution >= 4 is 0 Å². The topological polar surface area (TPSA) is 88.4 Å². The zero-order chi connectivity index (χ0) is 11.2. The first-order valence-electron chi connectivity index (χ1n) is 4.93. The fraction of sp³-hybridized carbons (Fsp3) is 1.00. The summed E-state index contributed by atoms with van der Waals surface area (Å²) < 4.78 is 16.1. The van der Waals surface area contributed by atoms with Crippen molar-refractivity contribution in [3.05, 3.63) is 0 Å². The second-order valence-corrected chi connectivity index (χ2v) is 4.31. The molecule has 0 radical (unpaired) electrons. The third-order valence-electron chi connectivity index (χ3n) is 2.62. The first kappa shape index (κ1) is 11.3. The van der Waals surface area contributed by atoms with Crippen molar-refractivity contribution in [1.29, 1.82) is 0 Å². The van der Waals surface area contributed by atoms with E-state index in [0.29, 0.717) is 0 Å². The van der Waals surface area contributed by atoms with E-state index in [1.807, 2.05) is 0 Å². The highest BCUT2D eigenvalue weighted by molar-refractivity contribution is 4.95. The Hall–Kier alpha value is -0.240. The number of hydrogen-bond donors (Lipinski definition) is 3. The molecule has 2 aliphatic rings. The van der Waals surface area contributed by atoms with E-state index in [0.717, 1.165) is 0 Å². The zero-order valence-corrected chi connectivity index (χ0v) is 8.66. The Labute approximate surface area is 87.4 Å². The third kappa shape index (κ3) is 1.89. The van der Waals surface area contributed by atoms with Crippen LogP contribution in [0.3, 0.4) is 0 Å². The average Bonchev–Trinajstić information content (AvgIpc) is 2.60. The van der Waals surface area contributed by atoms with E-state index in [1.165, 1.54) is 0 Å². The number of hydrogen-bond acceptors (Lipinski definition) is 6. The summed E-state index contributed by atoms with van der Waals surface area (Å²) in [7, 11) is 0. The minimum absolute atomic E-state index is 0.468. The van der Waals surface area contributed by atoms with Crippen LogP contribution in [0.4, 0.5) is 0 Å². The van der Waals surface area contributed by atoms with E-state index >= 15 is 0 Å². The molecule has 0 bridgehead atoms. The maximum atomic E-state index is 9.79. The SMILES string of the molecule is CC1(C)O[C@H]2O[C@H]([C@@H](O)CO)[C@H](O)[C@H]2O1. The molecule has 2 fully saturated rings. The number of rotatable bonds is 2. The molecule has 0 aromatic rings. The van der Waals surface area contributed by atoms with Gasteiger partial charge in [0, 0.05) is 0 Å². The molecule has 2 aliphatic heterocycles. The fourth-order valence-electron chi connectivity index (χ4n) is 1.94. The van der Waals surface area contributed by atoms with Gasteiger partial charge in [-0.25, -0.2) is 0 Å². The van der Waals surface area contributed by atoms with Gasteiger partial charge in [0.15, 0.2) is 12.1 Å². The Balaban J connectivity index is 2.05. The van der Waals surface area contributed by atoms with Gasteiger partial charge in [-0.1, -0.05) is 0 Å². The van der Waals surface area contributed by atoms with E-state index in [2.05, 4.69) is 0 Å². The highest BCUT2D eigenvalue weighted by Gasteiger charge is 2.55. The van der Waals surface area contributed by atoms with Crippen LogP contribution in [-0.4, -0.2) is 58.4 Å². The largest absolute Gasteiger partial charge is 0.394 e. The lowest BCUT2D eigenvalue weighted by molar-refractivity contribution is -0.227. The van der Waals surface area contributed by atoms with Crippen LogP contribution in [0.15, 0.2) is 0 Å². The lowest BCUT2D eigenvalue weighted by Gasteiger charge is -2.24. The molecule has 2 saturated heterocycles. The third-order valence-corrected chi connectivity index (χ3v) is 2.62. The molecule has 3 N–H and O–H groups in total. The van der Waals surface area contributed by atoms with Gasteiger partial charge in [-0.3, -0.25) is 0 Å². The highest BCUT2D eigenvalue weighted by Crippen LogP contribution is 2.38. The fourth-order valence-corrected chi connectivity index (χ4v) is 1.94. The van der Waals surface area contributed by atoms with Crippen LogP contribution in [0.25, 0.3) is 0 Å². The van der Waals surface area contributed by atoms with E-state index in [1.54, 1.807) is 13.8 Å². The monoisotopic (exact) mass is 220 g/mol. The predicted octanol–water partition coefficient (Wildman–Crippen LogP) is -1.42. The summed E-state index contributed by atoms with van der Waals surface area (Å²) in [6.07, 6.45) is -4.26. The maximum absolute atomic E-state index is 9.79. The lowest BCUT2D eigenvalue weighted by Crippen LogP contribution is -2.42. The standard InChI is InChI=1S/C9H16O6/c1-9(2)14-7-5(12)6(4(11)3-10)13-8(7)15-9/h4-8,10-12H,3H2,1-2H3/t4-,5-,6+,7+,8+/m0/s1. The van der Waals surface area contributed by atoms with Gasteiger partial charge < -0.3 is 29.5 Å². The molecule has 0 amide bonds. The van der Waals surface area contributed by atoms with Crippen molar-refractivity contribution in [2.24, 2.45) is 0 Å². The summed E-state index contributed by atoms with van der Waals surface area (Å²) in [5.41, 5.74) is 0. The molecule has 0 aromatic carbocycles. The minimum atomic E-state index is -1.12. The first-order valence-corrected chi connectivity index (χ1v) is 4.93. The van der Waals surface area contributed by atoms with Crippen LogP contribution in [0, 0.1) is 0 Å². The Kier molecular flexibility index (Phi) is 2.74. The lowest BCUT2D eigenvalue weighted by atomic mass is 10.1. The highest BCUT2D eigenvalue weighted by atomic mass is 16.8. The van der Waals surface area contributed by atoms with Crippen LogP contribution in [0.5, 0.6) is 0 Å². The molecule has 15 heavy (non-hydrogen) atoms. The van der Waals surface area contributed by atoms with Gasteiger partial charge in [-0.2, -0.15) is 0 Å². The molecule has 0 spiro atoms. The number of ether oxygens (including phenoxy) is 3. The first-order chi connectivity index (χ1) is 6.94. The molecule has 0 aromatic heterocycles. The molecule has 88 valence electrons. The quantitative estimate of drug-likeness (QED) is 0.529. The van der Waals surface area contributed by atoms with Gasteiger partial charge in [0.25, 0.3) is 0 Å². The molecule has 6 heteroatoms. The predicted molar refractivity (Wildman–Crippen MR) is 47.8 cm³/mol. The van der Waals surface area contributed by atoms with Crippen molar-refractivity contribution in [2.75, 3.05) is 6.61 Å². The van der Waals surface area contributed by atoms with Gasteiger partial charge in [0.05, 0.1) is 6.61 Å². The average molecular weight is 220 g/mol. The van der Waals surface area contributed by atoms with Crippen LogP contribution in [-0.2, 0) is 14.2 Å². The molecule has 5 atom stereocenters. The van der Waals surface area contributed by atoms with Crippen molar-refractivity contribution in [2.45, 2.75) is 50.3 Å². The summed E-state index contributed by atoms with van der Waals surface area (Å²) >= 11 is 0. The smallest absolute Gasteiger partial charge is 0.190 e. The Morgan fingerprint density at radius 1 is 1.33 bits per heavy atom. The van der Waals surface area contributed by atoms with E-state index < -0.39 is 43.1 Å². The number of aliphatic hydroxyl groups excluding tert-OH is 3. The molecule has 0 aliphatic carbocycles. The molecule has 2 heterocycles. The van der Waals surface area contributed by atoms with Crippen molar-refractivity contribution in [1.82, 2.24) is 0 Å². The molecule has 6 nitrogen and oxygen atoms in total. The Morgan fingerprint density at radius 2 is 2.00 bits per heavy atom. The molecule has 2 rings (SSSR count). The number of aliphatic hydroxyl groups is 3. The van der Waals surface area contributed by atoms with Crippen molar-refractivity contribution < 1.29 is 29.5 Å². The van der Waals surface area contributed by atoms with Gasteiger partial charge in [-0.05, 0) is 13.8 Å². The second kappa shape index (κ2) is 3.65. The van der Waals surface area contributed by atoms with Gasteiger partial charge in [0.1, 0.15) is 24.4 Å². The van der Waals surface area contributed by atoms with Gasteiger partial charge in [0.2, 0.25) is 0 Å². The molecule has 0 saturated carbocycles. The van der Waals surface area contributed by atoms with Crippen molar-refractivity contribution in [3.63, 3.8) is 0 Å². The molecule has 0 unspecified atom stereocenters. The molecular weight excluding hydrogens is 204 g/mol. The summed E-state index contributed by atoms with van der Waals surface area (Å²) in [6, 6.07) is 0.